The number of fused-ring (bicyclic) bond motifs is 9. The van der Waals surface area contributed by atoms with E-state index < -0.39 is 0 Å². The number of amidine groups is 2. The first-order valence-electron chi connectivity index (χ1n) is 21.6. The maximum Gasteiger partial charge on any atom is 0.157 e. The van der Waals surface area contributed by atoms with Crippen LogP contribution < -0.4 is 5.73 Å². The lowest BCUT2D eigenvalue weighted by Gasteiger charge is -2.13. The lowest BCUT2D eigenvalue weighted by atomic mass is 9.98. The summed E-state index contributed by atoms with van der Waals surface area (Å²) in [5, 5.41) is 8.12. The van der Waals surface area contributed by atoms with Crippen LogP contribution in [-0.4, -0.2) is 25.8 Å². The van der Waals surface area contributed by atoms with Gasteiger partial charge in [0.2, 0.25) is 0 Å². The van der Waals surface area contributed by atoms with E-state index in [1.54, 1.807) is 0 Å². The smallest absolute Gasteiger partial charge is 0.157 e. The molecular weight excluding hydrogens is 781 g/mol. The van der Waals surface area contributed by atoms with Crippen molar-refractivity contribution in [2.75, 3.05) is 0 Å². The minimum absolute atomic E-state index is 0.377. The SMILES string of the molecule is NC(=NC(=NCc1cccc2c3cc4c(-c5ccccc5)nc5ccccc5c4cc3n(-c3ccccc3)c12)c1ccccc1)c1cccc(-n2c3ccccc3c3ccccc32)c1. The fourth-order valence-electron chi connectivity index (χ4n) is 9.49. The first-order valence-corrected chi connectivity index (χ1v) is 21.6. The van der Waals surface area contributed by atoms with Crippen LogP contribution in [0.3, 0.4) is 0 Å². The topological polar surface area (TPSA) is 73.5 Å². The molecule has 3 heterocycles. The highest BCUT2D eigenvalue weighted by Crippen LogP contribution is 2.41. The molecule has 6 heteroatoms. The van der Waals surface area contributed by atoms with Crippen molar-refractivity contribution in [1.82, 2.24) is 14.1 Å². The maximum absolute atomic E-state index is 6.98. The van der Waals surface area contributed by atoms with Crippen molar-refractivity contribution in [1.29, 1.82) is 0 Å². The van der Waals surface area contributed by atoms with E-state index in [0.717, 1.165) is 93.8 Å². The minimum Gasteiger partial charge on any atom is -0.383 e. The Bertz CT molecular complexity index is 3750. The van der Waals surface area contributed by atoms with Gasteiger partial charge in [0, 0.05) is 60.4 Å². The van der Waals surface area contributed by atoms with Gasteiger partial charge in [-0.3, -0.25) is 4.99 Å². The summed E-state index contributed by atoms with van der Waals surface area (Å²) < 4.78 is 4.69. The van der Waals surface area contributed by atoms with E-state index in [2.05, 4.69) is 185 Å². The number of aliphatic imine (C=N–C) groups is 2. The molecule has 302 valence electrons. The molecular formula is C58H40N6. The summed E-state index contributed by atoms with van der Waals surface area (Å²) in [6.07, 6.45) is 0. The van der Waals surface area contributed by atoms with Crippen molar-refractivity contribution in [3.05, 3.63) is 235 Å². The highest BCUT2D eigenvalue weighted by Gasteiger charge is 2.20. The average Bonchev–Trinajstić information content (AvgIpc) is 3.88. The van der Waals surface area contributed by atoms with E-state index in [4.69, 9.17) is 20.7 Å². The molecule has 0 aliphatic carbocycles. The van der Waals surface area contributed by atoms with Gasteiger partial charge in [0.25, 0.3) is 0 Å². The van der Waals surface area contributed by atoms with E-state index in [-0.39, 0.29) is 0 Å². The first-order chi connectivity index (χ1) is 31.7. The number of pyridine rings is 1. The van der Waals surface area contributed by atoms with Crippen LogP contribution in [0, 0.1) is 0 Å². The summed E-state index contributed by atoms with van der Waals surface area (Å²) in [7, 11) is 0. The molecule has 0 bridgehead atoms. The van der Waals surface area contributed by atoms with E-state index in [0.29, 0.717) is 18.2 Å². The molecule has 0 saturated heterocycles. The zero-order valence-corrected chi connectivity index (χ0v) is 34.8. The molecule has 12 rings (SSSR count). The number of nitrogens with two attached hydrogens (primary N) is 1. The highest BCUT2D eigenvalue weighted by atomic mass is 15.0. The molecule has 0 amide bonds. The fourth-order valence-corrected chi connectivity index (χ4v) is 9.49. The number of aromatic nitrogens is 3. The van der Waals surface area contributed by atoms with Gasteiger partial charge in [-0.15, -0.1) is 0 Å². The minimum atomic E-state index is 0.377. The molecule has 0 aliphatic rings. The van der Waals surface area contributed by atoms with Gasteiger partial charge in [-0.25, -0.2) is 9.98 Å². The highest BCUT2D eigenvalue weighted by molar-refractivity contribution is 6.21. The second kappa shape index (κ2) is 15.4. The Morgan fingerprint density at radius 2 is 1.03 bits per heavy atom. The number of nitrogens with zero attached hydrogens (tertiary/aromatic N) is 5. The van der Waals surface area contributed by atoms with Gasteiger partial charge in [0.15, 0.2) is 5.84 Å². The summed E-state index contributed by atoms with van der Waals surface area (Å²) in [6, 6.07) is 76.3. The second-order valence-electron chi connectivity index (χ2n) is 16.2. The molecule has 0 atom stereocenters. The Balaban J connectivity index is 1.02. The van der Waals surface area contributed by atoms with Gasteiger partial charge in [0.05, 0.1) is 39.8 Å². The van der Waals surface area contributed by atoms with Gasteiger partial charge in [0.1, 0.15) is 5.84 Å². The molecule has 0 fully saturated rings. The lowest BCUT2D eigenvalue weighted by molar-refractivity contribution is 1.05. The van der Waals surface area contributed by atoms with Gasteiger partial charge in [-0.1, -0.05) is 164 Å². The van der Waals surface area contributed by atoms with Crippen LogP contribution in [0.25, 0.3) is 87.9 Å². The maximum atomic E-state index is 6.98. The van der Waals surface area contributed by atoms with Crippen LogP contribution in [0.5, 0.6) is 0 Å². The van der Waals surface area contributed by atoms with Crippen LogP contribution >= 0.6 is 0 Å². The Morgan fingerprint density at radius 3 is 1.78 bits per heavy atom. The van der Waals surface area contributed by atoms with E-state index in [1.807, 2.05) is 42.5 Å². The number of rotatable bonds is 7. The van der Waals surface area contributed by atoms with E-state index >= 15 is 0 Å². The second-order valence-corrected chi connectivity index (χ2v) is 16.2. The van der Waals surface area contributed by atoms with Crippen LogP contribution in [0.4, 0.5) is 0 Å². The predicted octanol–water partition coefficient (Wildman–Crippen LogP) is 13.6. The van der Waals surface area contributed by atoms with Crippen molar-refractivity contribution in [2.45, 2.75) is 6.54 Å². The normalized spacial score (nSPS) is 12.4. The molecule has 0 radical (unpaired) electrons. The zero-order valence-electron chi connectivity index (χ0n) is 34.8. The zero-order chi connectivity index (χ0) is 42.6. The van der Waals surface area contributed by atoms with Crippen molar-refractivity contribution in [3.63, 3.8) is 0 Å². The molecule has 0 spiro atoms. The Hall–Kier alpha value is -8.61. The fraction of sp³-hybridized carbons (Fsp3) is 0.0172. The predicted molar refractivity (Wildman–Crippen MR) is 267 cm³/mol. The molecule has 0 unspecified atom stereocenters. The van der Waals surface area contributed by atoms with Gasteiger partial charge in [-0.2, -0.15) is 0 Å². The van der Waals surface area contributed by atoms with Crippen LogP contribution in [0.2, 0.25) is 0 Å². The Labute approximate surface area is 369 Å². The summed E-state index contributed by atoms with van der Waals surface area (Å²) in [4.78, 5) is 15.7. The van der Waals surface area contributed by atoms with Gasteiger partial charge in [-0.05, 0) is 65.5 Å². The van der Waals surface area contributed by atoms with Crippen molar-refractivity contribution >= 4 is 77.0 Å². The van der Waals surface area contributed by atoms with E-state index in [9.17, 15) is 0 Å². The van der Waals surface area contributed by atoms with Crippen LogP contribution in [0.1, 0.15) is 16.7 Å². The average molecular weight is 821 g/mol. The van der Waals surface area contributed by atoms with Gasteiger partial charge >= 0.3 is 0 Å². The Morgan fingerprint density at radius 1 is 0.438 bits per heavy atom. The third-order valence-electron chi connectivity index (χ3n) is 12.4. The summed E-state index contributed by atoms with van der Waals surface area (Å²) in [6.45, 7) is 0.377. The van der Waals surface area contributed by atoms with Crippen molar-refractivity contribution in [2.24, 2.45) is 15.7 Å². The molecule has 6 nitrogen and oxygen atoms in total. The molecule has 0 saturated carbocycles. The largest absolute Gasteiger partial charge is 0.383 e. The standard InChI is InChI=1S/C58H40N6/c59-57(40-22-16-26-43(34-40)63-52-32-14-11-28-45(52)46-29-12-15-33-53(46)63)62-58(39-20-6-2-7-21-39)60-37-41-23-17-30-47-49-35-50-48(36-54(49)64(56(41)47)42-24-8-3-9-25-42)44-27-10-13-31-51(44)61-55(50)38-18-4-1-5-19-38/h1-36H,37H2,(H2,59,60,62). The molecule has 2 N–H and O–H groups in total. The number of hydrogen-bond acceptors (Lipinski definition) is 2. The first kappa shape index (κ1) is 37.2. The van der Waals surface area contributed by atoms with Crippen molar-refractivity contribution < 1.29 is 0 Å². The molecule has 64 heavy (non-hydrogen) atoms. The molecule has 3 aromatic heterocycles. The lowest BCUT2D eigenvalue weighted by Crippen LogP contribution is -2.17. The summed E-state index contributed by atoms with van der Waals surface area (Å²) >= 11 is 0. The third kappa shape index (κ3) is 6.23. The summed E-state index contributed by atoms with van der Waals surface area (Å²) in [5.41, 5.74) is 19.4. The molecule has 9 aromatic carbocycles. The van der Waals surface area contributed by atoms with Gasteiger partial charge < -0.3 is 14.9 Å². The number of para-hydroxylation sites is 5. The Kier molecular flexibility index (Phi) is 8.94. The van der Waals surface area contributed by atoms with Crippen molar-refractivity contribution in [3.8, 4) is 22.6 Å². The number of hydrogen-bond donors (Lipinski definition) is 1. The third-order valence-corrected chi connectivity index (χ3v) is 12.4. The van der Waals surface area contributed by atoms with Crippen LogP contribution in [0.15, 0.2) is 228 Å². The van der Waals surface area contributed by atoms with E-state index in [1.165, 1.54) is 10.8 Å². The quantitative estimate of drug-likeness (QED) is 0.0988. The molecule has 12 aromatic rings. The van der Waals surface area contributed by atoms with Crippen LogP contribution in [-0.2, 0) is 6.54 Å². The monoisotopic (exact) mass is 820 g/mol. The summed E-state index contributed by atoms with van der Waals surface area (Å²) in [5.74, 6) is 0.958. The molecule has 0 aliphatic heterocycles. The number of benzene rings is 9.